The minimum absolute atomic E-state index is 0.219. The first-order chi connectivity index (χ1) is 22.1. The van der Waals surface area contributed by atoms with Crippen molar-refractivity contribution in [3.8, 4) is 11.1 Å². The highest BCUT2D eigenvalue weighted by Crippen LogP contribution is 2.28. The molecule has 1 unspecified atom stereocenters. The first-order valence-electron chi connectivity index (χ1n) is 15.3. The van der Waals surface area contributed by atoms with Crippen LogP contribution in [0.15, 0.2) is 84.9 Å². The van der Waals surface area contributed by atoms with Crippen molar-refractivity contribution in [1.29, 1.82) is 0 Å². The molecule has 0 radical (unpaired) electrons. The maximum atomic E-state index is 14.0. The van der Waals surface area contributed by atoms with E-state index in [1.165, 1.54) is 0 Å². The van der Waals surface area contributed by atoms with Crippen molar-refractivity contribution in [3.63, 3.8) is 0 Å². The SMILES string of the molecule is CCCc1nc2c(C)cc(C(=O)N(C(C)Cc3ccc(C)cc3)N(O)C=O)cc2n1Cc1ccc(-c2ccccc2C(=O)O)cc1. The summed E-state index contributed by atoms with van der Waals surface area (Å²) in [6, 6.07) is 25.6. The molecule has 1 atom stereocenters. The number of carboxylic acids is 1. The lowest BCUT2D eigenvalue weighted by atomic mass is 9.98. The molecule has 2 N–H and O–H groups in total. The van der Waals surface area contributed by atoms with Gasteiger partial charge in [-0.2, -0.15) is 0 Å². The maximum absolute atomic E-state index is 14.0. The van der Waals surface area contributed by atoms with Gasteiger partial charge in [0, 0.05) is 18.5 Å². The van der Waals surface area contributed by atoms with Crippen LogP contribution in [0.1, 0.15) is 69.1 Å². The second-order valence-electron chi connectivity index (χ2n) is 11.7. The summed E-state index contributed by atoms with van der Waals surface area (Å²) >= 11 is 0. The minimum Gasteiger partial charge on any atom is -0.478 e. The number of carboxylic acid groups (broad SMARTS) is 1. The van der Waals surface area contributed by atoms with E-state index >= 15 is 0 Å². The summed E-state index contributed by atoms with van der Waals surface area (Å²) in [5, 5.41) is 21.6. The van der Waals surface area contributed by atoms with Gasteiger partial charge in [0.2, 0.25) is 0 Å². The van der Waals surface area contributed by atoms with E-state index in [0.717, 1.165) is 62.5 Å². The number of nitrogens with zero attached hydrogens (tertiary/aromatic N) is 4. The predicted octanol–water partition coefficient (Wildman–Crippen LogP) is 6.86. The third-order valence-corrected chi connectivity index (χ3v) is 8.20. The quantitative estimate of drug-likeness (QED) is 0.0897. The van der Waals surface area contributed by atoms with Gasteiger partial charge < -0.3 is 9.67 Å². The summed E-state index contributed by atoms with van der Waals surface area (Å²) in [6.07, 6.45) is 2.26. The van der Waals surface area contributed by atoms with E-state index < -0.39 is 17.9 Å². The number of carbonyl (C=O) groups excluding carboxylic acids is 2. The highest BCUT2D eigenvalue weighted by Gasteiger charge is 2.28. The second-order valence-corrected chi connectivity index (χ2v) is 11.7. The van der Waals surface area contributed by atoms with E-state index in [4.69, 9.17) is 4.98 Å². The zero-order chi connectivity index (χ0) is 33.0. The Hall–Kier alpha value is -5.28. The molecule has 0 saturated carbocycles. The molecular weight excluding hydrogens is 580 g/mol. The van der Waals surface area contributed by atoms with Crippen LogP contribution < -0.4 is 0 Å². The lowest BCUT2D eigenvalue weighted by Gasteiger charge is -2.32. The predicted molar refractivity (Wildman–Crippen MR) is 177 cm³/mol. The molecule has 4 aromatic carbocycles. The average molecular weight is 619 g/mol. The standard InChI is InChI=1S/C37H38N4O5/c1-5-8-34-38-35-25(3)19-30(36(43)41(40(46)23-42)26(4)20-27-13-11-24(2)12-14-27)21-33(35)39(34)22-28-15-17-29(18-16-28)31-9-6-7-10-32(31)37(44)45/h6-7,9-19,21,23,26,46H,5,8,20,22H2,1-4H3,(H,44,45). The van der Waals surface area contributed by atoms with Crippen molar-refractivity contribution in [3.05, 3.63) is 124 Å². The highest BCUT2D eigenvalue weighted by atomic mass is 16.6. The van der Waals surface area contributed by atoms with Gasteiger partial charge in [0.05, 0.1) is 22.6 Å². The summed E-state index contributed by atoms with van der Waals surface area (Å²) in [5.41, 5.74) is 7.45. The third-order valence-electron chi connectivity index (χ3n) is 8.20. The number of carbonyl (C=O) groups is 3. The number of hydroxylamine groups is 1. The lowest BCUT2D eigenvalue weighted by Crippen LogP contribution is -2.50. The molecule has 9 nitrogen and oxygen atoms in total. The third kappa shape index (κ3) is 6.69. The molecule has 0 aliphatic heterocycles. The number of imidazole rings is 1. The summed E-state index contributed by atoms with van der Waals surface area (Å²) in [4.78, 5) is 42.4. The zero-order valence-electron chi connectivity index (χ0n) is 26.5. The summed E-state index contributed by atoms with van der Waals surface area (Å²) < 4.78 is 2.10. The molecule has 1 heterocycles. The van der Waals surface area contributed by atoms with Crippen LogP contribution in [0.2, 0.25) is 0 Å². The van der Waals surface area contributed by atoms with Crippen LogP contribution >= 0.6 is 0 Å². The van der Waals surface area contributed by atoms with E-state index in [0.29, 0.717) is 29.3 Å². The Kier molecular flexibility index (Phi) is 9.63. The molecule has 9 heteroatoms. The van der Waals surface area contributed by atoms with Gasteiger partial charge in [-0.1, -0.05) is 79.2 Å². The molecule has 0 fully saturated rings. The fraction of sp³-hybridized carbons (Fsp3) is 0.243. The van der Waals surface area contributed by atoms with Gasteiger partial charge >= 0.3 is 5.97 Å². The van der Waals surface area contributed by atoms with Crippen molar-refractivity contribution in [2.45, 2.75) is 59.5 Å². The number of benzene rings is 4. The van der Waals surface area contributed by atoms with E-state index in [1.807, 2.05) is 68.4 Å². The average Bonchev–Trinajstić information content (AvgIpc) is 3.39. The first-order valence-corrected chi connectivity index (χ1v) is 15.3. The Labute approximate surface area is 268 Å². The van der Waals surface area contributed by atoms with E-state index in [1.54, 1.807) is 37.3 Å². The van der Waals surface area contributed by atoms with Gasteiger partial charge in [-0.15, -0.1) is 5.17 Å². The van der Waals surface area contributed by atoms with Crippen LogP contribution in [-0.2, 0) is 24.2 Å². The van der Waals surface area contributed by atoms with Crippen LogP contribution in [0.25, 0.3) is 22.2 Å². The van der Waals surface area contributed by atoms with Crippen LogP contribution in [-0.4, -0.2) is 54.4 Å². The van der Waals surface area contributed by atoms with Crippen LogP contribution in [0.3, 0.4) is 0 Å². The van der Waals surface area contributed by atoms with Crippen molar-refractivity contribution >= 4 is 29.3 Å². The van der Waals surface area contributed by atoms with Gasteiger partial charge in [0.25, 0.3) is 12.3 Å². The number of amides is 2. The fourth-order valence-electron chi connectivity index (χ4n) is 5.88. The Morgan fingerprint density at radius 1 is 0.957 bits per heavy atom. The summed E-state index contributed by atoms with van der Waals surface area (Å²) in [5.74, 6) is -0.604. The van der Waals surface area contributed by atoms with Gasteiger partial charge in [0.1, 0.15) is 5.82 Å². The number of hydrogen-bond donors (Lipinski definition) is 2. The van der Waals surface area contributed by atoms with Crippen LogP contribution in [0.4, 0.5) is 0 Å². The van der Waals surface area contributed by atoms with Gasteiger partial charge in [0.15, 0.2) is 0 Å². The van der Waals surface area contributed by atoms with Crippen LogP contribution in [0, 0.1) is 13.8 Å². The lowest BCUT2D eigenvalue weighted by molar-refractivity contribution is -0.216. The maximum Gasteiger partial charge on any atom is 0.336 e. The van der Waals surface area contributed by atoms with Gasteiger partial charge in [-0.25, -0.2) is 14.8 Å². The molecule has 5 aromatic rings. The number of aryl methyl sites for hydroxylation is 3. The monoisotopic (exact) mass is 618 g/mol. The topological polar surface area (TPSA) is 116 Å². The molecule has 0 aliphatic carbocycles. The Morgan fingerprint density at radius 2 is 1.63 bits per heavy atom. The first kappa shape index (κ1) is 32.1. The smallest absolute Gasteiger partial charge is 0.336 e. The number of hydrogen-bond acceptors (Lipinski definition) is 5. The molecule has 5 rings (SSSR count). The normalized spacial score (nSPS) is 11.8. The van der Waals surface area contributed by atoms with E-state index in [-0.39, 0.29) is 12.0 Å². The van der Waals surface area contributed by atoms with Gasteiger partial charge in [-0.3, -0.25) is 14.8 Å². The molecule has 2 amide bonds. The second kappa shape index (κ2) is 13.8. The molecule has 0 saturated heterocycles. The molecule has 46 heavy (non-hydrogen) atoms. The van der Waals surface area contributed by atoms with E-state index in [9.17, 15) is 24.7 Å². The molecule has 0 spiro atoms. The molecule has 236 valence electrons. The van der Waals surface area contributed by atoms with Crippen molar-refractivity contribution in [2.24, 2.45) is 0 Å². The van der Waals surface area contributed by atoms with Crippen molar-refractivity contribution in [2.75, 3.05) is 0 Å². The van der Waals surface area contributed by atoms with Crippen LogP contribution in [0.5, 0.6) is 0 Å². The Bertz CT molecular complexity index is 1880. The van der Waals surface area contributed by atoms with E-state index in [2.05, 4.69) is 11.5 Å². The number of hydrazine groups is 1. The summed E-state index contributed by atoms with van der Waals surface area (Å²) in [7, 11) is 0. The van der Waals surface area contributed by atoms with Gasteiger partial charge in [-0.05, 0) is 79.6 Å². The zero-order valence-corrected chi connectivity index (χ0v) is 26.5. The Balaban J connectivity index is 1.50. The molecule has 1 aromatic heterocycles. The highest BCUT2D eigenvalue weighted by molar-refractivity contribution is 5.99. The summed E-state index contributed by atoms with van der Waals surface area (Å²) in [6.45, 7) is 8.26. The number of rotatable bonds is 12. The minimum atomic E-state index is -0.977. The molecular formula is C37H38N4O5. The number of fused-ring (bicyclic) bond motifs is 1. The fourth-order valence-corrected chi connectivity index (χ4v) is 5.88. The number of aromatic nitrogens is 2. The van der Waals surface area contributed by atoms with Crippen molar-refractivity contribution in [1.82, 2.24) is 19.7 Å². The largest absolute Gasteiger partial charge is 0.478 e. The Morgan fingerprint density at radius 3 is 2.28 bits per heavy atom. The molecule has 0 bridgehead atoms. The van der Waals surface area contributed by atoms with Crippen molar-refractivity contribution < 1.29 is 24.7 Å². The molecule has 0 aliphatic rings. The number of aromatic carboxylic acids is 1.